The summed E-state index contributed by atoms with van der Waals surface area (Å²) in [6, 6.07) is 0. The number of hydrogen-bond donors (Lipinski definition) is 0. The third-order valence-electron chi connectivity index (χ3n) is 6.36. The molecule has 0 saturated carbocycles. The SMILES string of the molecule is CCCCOCCC(C)CCCC(C)CCCC(C)CCCC(C)CCC. The predicted octanol–water partition coefficient (Wildman–Crippen LogP) is 9.05. The van der Waals surface area contributed by atoms with E-state index in [2.05, 4.69) is 41.5 Å². The molecule has 0 aromatic carbocycles. The summed E-state index contributed by atoms with van der Waals surface area (Å²) >= 11 is 0. The monoisotopic (exact) mass is 382 g/mol. The van der Waals surface area contributed by atoms with Gasteiger partial charge >= 0.3 is 0 Å². The maximum absolute atomic E-state index is 5.70. The van der Waals surface area contributed by atoms with Crippen molar-refractivity contribution in [2.75, 3.05) is 13.2 Å². The van der Waals surface area contributed by atoms with Gasteiger partial charge in [-0.15, -0.1) is 0 Å². The second-order valence-corrected chi connectivity index (χ2v) is 9.76. The lowest BCUT2D eigenvalue weighted by molar-refractivity contribution is 0.117. The van der Waals surface area contributed by atoms with Gasteiger partial charge in [-0.3, -0.25) is 0 Å². The molecule has 0 radical (unpaired) electrons. The van der Waals surface area contributed by atoms with Crippen molar-refractivity contribution in [3.63, 3.8) is 0 Å². The molecule has 0 aromatic heterocycles. The van der Waals surface area contributed by atoms with Gasteiger partial charge in [0.25, 0.3) is 0 Å². The first kappa shape index (κ1) is 27.0. The zero-order valence-electron chi connectivity index (χ0n) is 20.0. The van der Waals surface area contributed by atoms with Crippen LogP contribution in [0.1, 0.15) is 131 Å². The van der Waals surface area contributed by atoms with Crippen LogP contribution >= 0.6 is 0 Å². The molecule has 1 nitrogen and oxygen atoms in total. The maximum Gasteiger partial charge on any atom is 0.0468 e. The van der Waals surface area contributed by atoms with Crippen molar-refractivity contribution in [1.29, 1.82) is 0 Å². The van der Waals surface area contributed by atoms with E-state index in [1.165, 1.54) is 89.9 Å². The molecule has 27 heavy (non-hydrogen) atoms. The summed E-state index contributed by atoms with van der Waals surface area (Å²) in [5, 5.41) is 0. The van der Waals surface area contributed by atoms with E-state index in [1.54, 1.807) is 0 Å². The molecule has 0 aliphatic rings. The van der Waals surface area contributed by atoms with Crippen LogP contribution in [-0.4, -0.2) is 13.2 Å². The predicted molar refractivity (Wildman–Crippen MR) is 123 cm³/mol. The molecule has 0 aliphatic carbocycles. The molecule has 0 saturated heterocycles. The quantitative estimate of drug-likeness (QED) is 0.191. The third-order valence-corrected chi connectivity index (χ3v) is 6.36. The van der Waals surface area contributed by atoms with Crippen molar-refractivity contribution < 1.29 is 4.74 Å². The molecule has 0 heterocycles. The Morgan fingerprint density at radius 1 is 0.444 bits per heavy atom. The van der Waals surface area contributed by atoms with Gasteiger partial charge in [-0.25, -0.2) is 0 Å². The van der Waals surface area contributed by atoms with E-state index in [-0.39, 0.29) is 0 Å². The first-order valence-electron chi connectivity index (χ1n) is 12.6. The lowest BCUT2D eigenvalue weighted by Gasteiger charge is -2.16. The highest BCUT2D eigenvalue weighted by Crippen LogP contribution is 2.23. The topological polar surface area (TPSA) is 9.23 Å². The molecule has 1 heteroatoms. The van der Waals surface area contributed by atoms with Crippen molar-refractivity contribution >= 4 is 0 Å². The van der Waals surface area contributed by atoms with Crippen LogP contribution in [0.4, 0.5) is 0 Å². The Morgan fingerprint density at radius 3 is 1.26 bits per heavy atom. The van der Waals surface area contributed by atoms with Crippen molar-refractivity contribution in [3.8, 4) is 0 Å². The Morgan fingerprint density at radius 2 is 0.852 bits per heavy atom. The van der Waals surface area contributed by atoms with E-state index < -0.39 is 0 Å². The van der Waals surface area contributed by atoms with Gasteiger partial charge in [0, 0.05) is 13.2 Å². The van der Waals surface area contributed by atoms with E-state index in [1.807, 2.05) is 0 Å². The van der Waals surface area contributed by atoms with Crippen molar-refractivity contribution in [1.82, 2.24) is 0 Å². The summed E-state index contributed by atoms with van der Waals surface area (Å²) in [6.45, 7) is 16.2. The van der Waals surface area contributed by atoms with Crippen LogP contribution in [0.2, 0.25) is 0 Å². The lowest BCUT2D eigenvalue weighted by atomic mass is 9.90. The third kappa shape index (κ3) is 19.1. The van der Waals surface area contributed by atoms with Gasteiger partial charge < -0.3 is 4.74 Å². The lowest BCUT2D eigenvalue weighted by Crippen LogP contribution is -2.04. The molecular weight excluding hydrogens is 328 g/mol. The van der Waals surface area contributed by atoms with E-state index in [9.17, 15) is 0 Å². The first-order chi connectivity index (χ1) is 13.0. The molecular formula is C26H54O. The summed E-state index contributed by atoms with van der Waals surface area (Å²) in [7, 11) is 0. The van der Waals surface area contributed by atoms with Gasteiger partial charge in [-0.1, -0.05) is 119 Å². The van der Waals surface area contributed by atoms with Gasteiger partial charge in [0.05, 0.1) is 0 Å². The van der Waals surface area contributed by atoms with Crippen LogP contribution in [0.25, 0.3) is 0 Å². The molecule has 0 aromatic rings. The summed E-state index contributed by atoms with van der Waals surface area (Å²) in [5.41, 5.74) is 0. The Hall–Kier alpha value is -0.0400. The van der Waals surface area contributed by atoms with E-state index in [0.29, 0.717) is 0 Å². The summed E-state index contributed by atoms with van der Waals surface area (Å²) < 4.78 is 5.70. The largest absolute Gasteiger partial charge is 0.381 e. The Bertz CT molecular complexity index is 288. The van der Waals surface area contributed by atoms with Crippen molar-refractivity contribution in [3.05, 3.63) is 0 Å². The highest BCUT2D eigenvalue weighted by Gasteiger charge is 2.08. The van der Waals surface area contributed by atoms with Gasteiger partial charge in [0.15, 0.2) is 0 Å². The molecule has 4 unspecified atom stereocenters. The smallest absolute Gasteiger partial charge is 0.0468 e. The number of ether oxygens (including phenoxy) is 1. The van der Waals surface area contributed by atoms with Crippen LogP contribution in [0, 0.1) is 23.7 Å². The molecule has 4 atom stereocenters. The van der Waals surface area contributed by atoms with E-state index >= 15 is 0 Å². The maximum atomic E-state index is 5.70. The van der Waals surface area contributed by atoms with Gasteiger partial charge in [0.1, 0.15) is 0 Å². The van der Waals surface area contributed by atoms with Gasteiger partial charge in [-0.05, 0) is 36.5 Å². The van der Waals surface area contributed by atoms with E-state index in [4.69, 9.17) is 4.74 Å². The van der Waals surface area contributed by atoms with Crippen LogP contribution in [-0.2, 0) is 4.74 Å². The Labute approximate surface area is 173 Å². The molecule has 0 amide bonds. The zero-order chi connectivity index (χ0) is 20.3. The fourth-order valence-corrected chi connectivity index (χ4v) is 4.15. The van der Waals surface area contributed by atoms with Crippen molar-refractivity contribution in [2.24, 2.45) is 23.7 Å². The standard InChI is InChI=1S/C26H54O/c1-7-9-21-27-22-20-26(6)19-12-18-25(5)17-11-16-24(4)15-10-14-23(3)13-8-2/h23-26H,7-22H2,1-6H3. The fourth-order valence-electron chi connectivity index (χ4n) is 4.15. The fraction of sp³-hybridized carbons (Fsp3) is 1.00. The van der Waals surface area contributed by atoms with Gasteiger partial charge in [-0.2, -0.15) is 0 Å². The van der Waals surface area contributed by atoms with Crippen LogP contribution in [0.3, 0.4) is 0 Å². The summed E-state index contributed by atoms with van der Waals surface area (Å²) in [6.07, 6.45) is 19.3. The summed E-state index contributed by atoms with van der Waals surface area (Å²) in [4.78, 5) is 0. The highest BCUT2D eigenvalue weighted by atomic mass is 16.5. The second kappa shape index (κ2) is 19.3. The number of hydrogen-bond acceptors (Lipinski definition) is 1. The average molecular weight is 383 g/mol. The Balaban J connectivity index is 3.50. The van der Waals surface area contributed by atoms with E-state index in [0.717, 1.165) is 36.9 Å². The molecule has 0 aliphatic heterocycles. The average Bonchev–Trinajstić information content (AvgIpc) is 2.61. The van der Waals surface area contributed by atoms with Crippen LogP contribution in [0.5, 0.6) is 0 Å². The van der Waals surface area contributed by atoms with Crippen molar-refractivity contribution in [2.45, 2.75) is 131 Å². The molecule has 0 rings (SSSR count). The molecule has 164 valence electrons. The zero-order valence-corrected chi connectivity index (χ0v) is 20.0. The molecule has 0 bridgehead atoms. The normalized spacial score (nSPS) is 16.2. The minimum absolute atomic E-state index is 0.828. The van der Waals surface area contributed by atoms with Gasteiger partial charge in [0.2, 0.25) is 0 Å². The number of unbranched alkanes of at least 4 members (excludes halogenated alkanes) is 1. The highest BCUT2D eigenvalue weighted by molar-refractivity contribution is 4.61. The molecule has 0 N–H and O–H groups in total. The molecule has 0 fully saturated rings. The minimum atomic E-state index is 0.828. The molecule has 0 spiro atoms. The van der Waals surface area contributed by atoms with Crippen LogP contribution in [0.15, 0.2) is 0 Å². The minimum Gasteiger partial charge on any atom is -0.381 e. The second-order valence-electron chi connectivity index (χ2n) is 9.76. The van der Waals surface area contributed by atoms with Crippen LogP contribution < -0.4 is 0 Å². The summed E-state index contributed by atoms with van der Waals surface area (Å²) in [5.74, 6) is 3.61. The Kier molecular flexibility index (Phi) is 19.3. The first-order valence-corrected chi connectivity index (χ1v) is 12.6. The number of rotatable bonds is 20.